The van der Waals surface area contributed by atoms with Gasteiger partial charge in [-0.2, -0.15) is 0 Å². The van der Waals surface area contributed by atoms with Crippen molar-refractivity contribution in [1.29, 1.82) is 0 Å². The summed E-state index contributed by atoms with van der Waals surface area (Å²) in [5.41, 5.74) is 2.30. The van der Waals surface area contributed by atoms with Crippen LogP contribution in [0.2, 0.25) is 0 Å². The molecule has 0 aliphatic rings. The monoisotopic (exact) mass is 464 g/mol. The van der Waals surface area contributed by atoms with Crippen LogP contribution < -0.4 is 5.32 Å². The summed E-state index contributed by atoms with van der Waals surface area (Å²) in [6, 6.07) is 7.32. The van der Waals surface area contributed by atoms with E-state index >= 15 is 0 Å². The molecule has 2 aromatic rings. The first-order valence-corrected chi connectivity index (χ1v) is 10.0. The molecule has 1 atom stereocenters. The Kier molecular flexibility index (Phi) is 7.61. The Morgan fingerprint density at radius 3 is 2.28 bits per heavy atom. The molecule has 2 rings (SSSR count). The SMILES string of the molecule is Cc1[nH]c(C(=O)OCC(=O)NC(C)c2ccc(Br)cc2)c(C)c1C(=O)OC(C)C. The van der Waals surface area contributed by atoms with Crippen LogP contribution in [0.15, 0.2) is 28.7 Å². The van der Waals surface area contributed by atoms with Gasteiger partial charge in [-0.15, -0.1) is 0 Å². The molecule has 0 aliphatic heterocycles. The van der Waals surface area contributed by atoms with Gasteiger partial charge in [0.25, 0.3) is 5.91 Å². The van der Waals surface area contributed by atoms with Crippen molar-refractivity contribution in [3.8, 4) is 0 Å². The Balaban J connectivity index is 1.97. The lowest BCUT2D eigenvalue weighted by Gasteiger charge is -2.14. The highest BCUT2D eigenvalue weighted by Gasteiger charge is 2.25. The van der Waals surface area contributed by atoms with Crippen LogP contribution in [-0.4, -0.2) is 35.5 Å². The number of halogens is 1. The number of esters is 2. The van der Waals surface area contributed by atoms with Crippen molar-refractivity contribution in [3.05, 3.63) is 56.8 Å². The van der Waals surface area contributed by atoms with E-state index in [-0.39, 0.29) is 17.8 Å². The number of nitrogens with one attached hydrogen (secondary N) is 2. The lowest BCUT2D eigenvalue weighted by atomic mass is 10.1. The second-order valence-corrected chi connectivity index (χ2v) is 7.91. The average Bonchev–Trinajstić information content (AvgIpc) is 2.94. The molecule has 0 saturated heterocycles. The quantitative estimate of drug-likeness (QED) is 0.603. The van der Waals surface area contributed by atoms with Gasteiger partial charge in [0, 0.05) is 10.2 Å². The molecule has 1 amide bonds. The van der Waals surface area contributed by atoms with Crippen LogP contribution in [0.25, 0.3) is 0 Å². The van der Waals surface area contributed by atoms with E-state index in [4.69, 9.17) is 9.47 Å². The molecule has 7 nitrogen and oxygen atoms in total. The molecule has 1 aromatic heterocycles. The summed E-state index contributed by atoms with van der Waals surface area (Å²) in [5, 5.41) is 2.78. The molecular formula is C21H25BrN2O5. The van der Waals surface area contributed by atoms with Gasteiger partial charge in [-0.3, -0.25) is 4.79 Å². The number of aromatic nitrogens is 1. The summed E-state index contributed by atoms with van der Waals surface area (Å²) in [6.07, 6.45) is -0.275. The number of hydrogen-bond acceptors (Lipinski definition) is 5. The predicted molar refractivity (Wildman–Crippen MR) is 112 cm³/mol. The minimum absolute atomic E-state index is 0.131. The number of ether oxygens (including phenoxy) is 2. The third kappa shape index (κ3) is 5.93. The largest absolute Gasteiger partial charge is 0.459 e. The molecule has 1 heterocycles. The van der Waals surface area contributed by atoms with Crippen molar-refractivity contribution in [2.75, 3.05) is 6.61 Å². The van der Waals surface area contributed by atoms with Crippen molar-refractivity contribution in [2.24, 2.45) is 0 Å². The summed E-state index contributed by atoms with van der Waals surface area (Å²) in [5.74, 6) is -1.64. The summed E-state index contributed by atoms with van der Waals surface area (Å²) in [7, 11) is 0. The fourth-order valence-electron chi connectivity index (χ4n) is 2.85. The first-order valence-electron chi connectivity index (χ1n) is 9.22. The smallest absolute Gasteiger partial charge is 0.355 e. The van der Waals surface area contributed by atoms with Gasteiger partial charge in [0.2, 0.25) is 0 Å². The molecule has 2 N–H and O–H groups in total. The second-order valence-electron chi connectivity index (χ2n) is 7.00. The van der Waals surface area contributed by atoms with E-state index in [1.54, 1.807) is 27.7 Å². The summed E-state index contributed by atoms with van der Waals surface area (Å²) < 4.78 is 11.3. The minimum Gasteiger partial charge on any atom is -0.459 e. The van der Waals surface area contributed by atoms with Gasteiger partial charge in [-0.25, -0.2) is 9.59 Å². The highest BCUT2D eigenvalue weighted by atomic mass is 79.9. The Bertz CT molecular complexity index is 903. The highest BCUT2D eigenvalue weighted by molar-refractivity contribution is 9.10. The third-order valence-electron chi connectivity index (χ3n) is 4.27. The maximum Gasteiger partial charge on any atom is 0.355 e. The molecule has 0 aliphatic carbocycles. The van der Waals surface area contributed by atoms with Crippen molar-refractivity contribution < 1.29 is 23.9 Å². The van der Waals surface area contributed by atoms with E-state index in [1.165, 1.54) is 0 Å². The fraction of sp³-hybridized carbons (Fsp3) is 0.381. The molecule has 29 heavy (non-hydrogen) atoms. The van der Waals surface area contributed by atoms with Crippen LogP contribution >= 0.6 is 15.9 Å². The Morgan fingerprint density at radius 2 is 1.69 bits per heavy atom. The highest BCUT2D eigenvalue weighted by Crippen LogP contribution is 2.20. The lowest BCUT2D eigenvalue weighted by molar-refractivity contribution is -0.124. The molecule has 0 bridgehead atoms. The van der Waals surface area contributed by atoms with E-state index in [0.717, 1.165) is 10.0 Å². The predicted octanol–water partition coefficient (Wildman–Crippen LogP) is 3.99. The summed E-state index contributed by atoms with van der Waals surface area (Å²) in [6.45, 7) is 8.22. The van der Waals surface area contributed by atoms with Gasteiger partial charge >= 0.3 is 11.9 Å². The number of amides is 1. The van der Waals surface area contributed by atoms with E-state index in [0.29, 0.717) is 16.8 Å². The number of H-pyrrole nitrogens is 1. The van der Waals surface area contributed by atoms with E-state index < -0.39 is 24.5 Å². The van der Waals surface area contributed by atoms with Crippen molar-refractivity contribution in [3.63, 3.8) is 0 Å². The van der Waals surface area contributed by atoms with E-state index in [9.17, 15) is 14.4 Å². The number of carbonyl (C=O) groups is 3. The van der Waals surface area contributed by atoms with Crippen LogP contribution in [0.5, 0.6) is 0 Å². The van der Waals surface area contributed by atoms with Crippen LogP contribution in [0.1, 0.15) is 64.5 Å². The molecule has 8 heteroatoms. The molecule has 156 valence electrons. The van der Waals surface area contributed by atoms with Crippen LogP contribution in [-0.2, 0) is 14.3 Å². The number of carbonyl (C=O) groups excluding carboxylic acids is 3. The molecule has 0 saturated carbocycles. The first kappa shape index (κ1) is 22.7. The zero-order valence-electron chi connectivity index (χ0n) is 17.1. The zero-order valence-corrected chi connectivity index (χ0v) is 18.7. The standard InChI is InChI=1S/C21H25BrN2O5/c1-11(2)29-20(26)18-12(3)19(24-14(18)5)21(27)28-10-17(25)23-13(4)15-6-8-16(22)9-7-15/h6-9,11,13,24H,10H2,1-5H3,(H,23,25). The van der Waals surface area contributed by atoms with Gasteiger partial charge in [0.05, 0.1) is 17.7 Å². The fourth-order valence-corrected chi connectivity index (χ4v) is 3.12. The molecule has 0 fully saturated rings. The van der Waals surface area contributed by atoms with Crippen LogP contribution in [0.4, 0.5) is 0 Å². The number of rotatable bonds is 7. The first-order chi connectivity index (χ1) is 13.6. The normalized spacial score (nSPS) is 11.8. The molecular weight excluding hydrogens is 440 g/mol. The Hall–Kier alpha value is -2.61. The minimum atomic E-state index is -0.708. The number of hydrogen-bond donors (Lipinski definition) is 2. The number of aryl methyl sites for hydroxylation is 1. The Labute approximate surface area is 178 Å². The number of aromatic amines is 1. The van der Waals surface area contributed by atoms with Crippen LogP contribution in [0.3, 0.4) is 0 Å². The Morgan fingerprint density at radius 1 is 1.07 bits per heavy atom. The van der Waals surface area contributed by atoms with Gasteiger partial charge < -0.3 is 19.8 Å². The van der Waals surface area contributed by atoms with Crippen molar-refractivity contribution in [2.45, 2.75) is 46.8 Å². The number of benzene rings is 1. The van der Waals surface area contributed by atoms with Gasteiger partial charge in [-0.1, -0.05) is 28.1 Å². The van der Waals surface area contributed by atoms with Gasteiger partial charge in [0.15, 0.2) is 6.61 Å². The van der Waals surface area contributed by atoms with Gasteiger partial charge in [-0.05, 0) is 57.9 Å². The lowest BCUT2D eigenvalue weighted by Crippen LogP contribution is -2.31. The second kappa shape index (κ2) is 9.73. The van der Waals surface area contributed by atoms with Crippen LogP contribution in [0, 0.1) is 13.8 Å². The van der Waals surface area contributed by atoms with Gasteiger partial charge in [0.1, 0.15) is 5.69 Å². The summed E-state index contributed by atoms with van der Waals surface area (Å²) >= 11 is 3.36. The van der Waals surface area contributed by atoms with Crippen molar-refractivity contribution in [1.82, 2.24) is 10.3 Å². The zero-order chi connectivity index (χ0) is 21.7. The van der Waals surface area contributed by atoms with E-state index in [2.05, 4.69) is 26.2 Å². The maximum atomic E-state index is 12.4. The third-order valence-corrected chi connectivity index (χ3v) is 4.80. The maximum absolute atomic E-state index is 12.4. The van der Waals surface area contributed by atoms with E-state index in [1.807, 2.05) is 31.2 Å². The molecule has 1 unspecified atom stereocenters. The summed E-state index contributed by atoms with van der Waals surface area (Å²) in [4.78, 5) is 39.6. The topological polar surface area (TPSA) is 97.5 Å². The molecule has 0 radical (unpaired) electrons. The molecule has 1 aromatic carbocycles. The van der Waals surface area contributed by atoms with Crippen molar-refractivity contribution >= 4 is 33.8 Å². The molecule has 0 spiro atoms. The average molecular weight is 465 g/mol.